The Labute approximate surface area is 214 Å². The molecule has 9 heteroatoms. The average molecular weight is 511 g/mol. The van der Waals surface area contributed by atoms with E-state index in [4.69, 9.17) is 4.74 Å². The summed E-state index contributed by atoms with van der Waals surface area (Å²) in [5.74, 6) is 1.05. The highest BCUT2D eigenvalue weighted by Crippen LogP contribution is 2.36. The van der Waals surface area contributed by atoms with E-state index in [2.05, 4.69) is 26.7 Å². The number of carbonyl (C=O) groups is 2. The summed E-state index contributed by atoms with van der Waals surface area (Å²) in [5.41, 5.74) is 2.00. The van der Waals surface area contributed by atoms with Crippen LogP contribution in [0.1, 0.15) is 48.3 Å². The van der Waals surface area contributed by atoms with Gasteiger partial charge in [-0.15, -0.1) is 28.1 Å². The monoisotopic (exact) mass is 510 g/mol. The molecule has 1 N–H and O–H groups in total. The zero-order valence-corrected chi connectivity index (χ0v) is 21.5. The standard InChI is InChI=1S/C26H30N4O3S2/c1-3-14-30-21(15-18-10-6-4-7-11-18)28-29-26(30)35-17-22(31)27-24-23(25(32)33-2)20(16-34-24)19-12-8-5-9-13-19/h3,5,8-9,12-13,16,18H,1,4,6-7,10-11,14-15,17H2,2H3,(H,27,31). The number of anilines is 1. The molecule has 35 heavy (non-hydrogen) atoms. The van der Waals surface area contributed by atoms with E-state index in [1.807, 2.05) is 41.8 Å². The van der Waals surface area contributed by atoms with Crippen LogP contribution in [-0.4, -0.2) is 39.5 Å². The van der Waals surface area contributed by atoms with Gasteiger partial charge in [0.25, 0.3) is 0 Å². The molecule has 0 saturated heterocycles. The number of aromatic nitrogens is 3. The van der Waals surface area contributed by atoms with Crippen LogP contribution >= 0.6 is 23.1 Å². The van der Waals surface area contributed by atoms with Crippen molar-refractivity contribution in [3.05, 3.63) is 59.8 Å². The number of allylic oxidation sites excluding steroid dienone is 1. The van der Waals surface area contributed by atoms with Crippen molar-refractivity contribution in [3.8, 4) is 11.1 Å². The number of hydrogen-bond donors (Lipinski definition) is 1. The predicted octanol–water partition coefficient (Wildman–Crippen LogP) is 5.83. The number of esters is 1. The van der Waals surface area contributed by atoms with Crippen molar-refractivity contribution in [1.29, 1.82) is 0 Å². The van der Waals surface area contributed by atoms with Gasteiger partial charge >= 0.3 is 5.97 Å². The zero-order valence-electron chi connectivity index (χ0n) is 19.9. The Morgan fingerprint density at radius 2 is 2.00 bits per heavy atom. The van der Waals surface area contributed by atoms with Crippen LogP contribution in [0.4, 0.5) is 5.00 Å². The summed E-state index contributed by atoms with van der Waals surface area (Å²) in [4.78, 5) is 25.4. The number of benzene rings is 1. The fourth-order valence-electron chi connectivity index (χ4n) is 4.42. The number of amides is 1. The molecule has 1 aliphatic carbocycles. The van der Waals surface area contributed by atoms with Gasteiger partial charge in [0.1, 0.15) is 16.4 Å². The molecule has 0 atom stereocenters. The number of nitrogens with zero attached hydrogens (tertiary/aromatic N) is 3. The van der Waals surface area contributed by atoms with Gasteiger partial charge in [0.2, 0.25) is 5.91 Å². The van der Waals surface area contributed by atoms with E-state index in [0.29, 0.717) is 28.2 Å². The van der Waals surface area contributed by atoms with E-state index < -0.39 is 5.97 Å². The van der Waals surface area contributed by atoms with Gasteiger partial charge < -0.3 is 14.6 Å². The van der Waals surface area contributed by atoms with Gasteiger partial charge in [0.15, 0.2) is 5.16 Å². The van der Waals surface area contributed by atoms with Crippen LogP contribution in [0.3, 0.4) is 0 Å². The Hall–Kier alpha value is -2.91. The first-order valence-electron chi connectivity index (χ1n) is 11.8. The van der Waals surface area contributed by atoms with Crippen LogP contribution in [0.2, 0.25) is 0 Å². The lowest BCUT2D eigenvalue weighted by Crippen LogP contribution is -2.17. The second-order valence-electron chi connectivity index (χ2n) is 8.55. The smallest absolute Gasteiger partial charge is 0.341 e. The second kappa shape index (κ2) is 12.2. The maximum absolute atomic E-state index is 12.8. The number of methoxy groups -OCH3 is 1. The topological polar surface area (TPSA) is 86.1 Å². The first-order valence-corrected chi connectivity index (χ1v) is 13.7. The molecule has 0 bridgehead atoms. The Morgan fingerprint density at radius 3 is 2.71 bits per heavy atom. The van der Waals surface area contributed by atoms with Crippen LogP contribution in [-0.2, 0) is 22.5 Å². The molecule has 7 nitrogen and oxygen atoms in total. The summed E-state index contributed by atoms with van der Waals surface area (Å²) < 4.78 is 7.05. The largest absolute Gasteiger partial charge is 0.465 e. The van der Waals surface area contributed by atoms with Crippen molar-refractivity contribution in [2.45, 2.75) is 50.2 Å². The highest BCUT2D eigenvalue weighted by Gasteiger charge is 2.23. The number of thiophene rings is 1. The van der Waals surface area contributed by atoms with E-state index in [0.717, 1.165) is 23.4 Å². The molecule has 4 rings (SSSR count). The van der Waals surface area contributed by atoms with Crippen LogP contribution in [0.25, 0.3) is 11.1 Å². The minimum absolute atomic E-state index is 0.151. The first kappa shape index (κ1) is 25.2. The van der Waals surface area contributed by atoms with Crippen molar-refractivity contribution in [2.75, 3.05) is 18.2 Å². The Morgan fingerprint density at radius 1 is 1.23 bits per heavy atom. The summed E-state index contributed by atoms with van der Waals surface area (Å²) in [6.07, 6.45) is 9.10. The Balaban J connectivity index is 1.44. The average Bonchev–Trinajstić information content (AvgIpc) is 3.47. The molecule has 1 fully saturated rings. The fraction of sp³-hybridized carbons (Fsp3) is 0.385. The summed E-state index contributed by atoms with van der Waals surface area (Å²) in [6.45, 7) is 4.48. The zero-order chi connectivity index (χ0) is 24.6. The maximum Gasteiger partial charge on any atom is 0.341 e. The van der Waals surface area contributed by atoms with E-state index in [1.165, 1.54) is 62.3 Å². The van der Waals surface area contributed by atoms with E-state index in [-0.39, 0.29) is 11.7 Å². The minimum atomic E-state index is -0.480. The maximum atomic E-state index is 12.8. The molecule has 0 aliphatic heterocycles. The summed E-state index contributed by atoms with van der Waals surface area (Å²) in [7, 11) is 1.34. The van der Waals surface area contributed by atoms with Gasteiger partial charge in [-0.3, -0.25) is 4.79 Å². The number of nitrogens with one attached hydrogen (secondary N) is 1. The minimum Gasteiger partial charge on any atom is -0.465 e. The molecule has 3 aromatic rings. The van der Waals surface area contributed by atoms with Gasteiger partial charge in [-0.1, -0.05) is 80.3 Å². The molecule has 0 spiro atoms. The molecular formula is C26H30N4O3S2. The van der Waals surface area contributed by atoms with E-state index in [1.54, 1.807) is 0 Å². The first-order chi connectivity index (χ1) is 17.1. The van der Waals surface area contributed by atoms with Crippen LogP contribution in [0.5, 0.6) is 0 Å². The van der Waals surface area contributed by atoms with Crippen molar-refractivity contribution in [1.82, 2.24) is 14.8 Å². The van der Waals surface area contributed by atoms with Gasteiger partial charge in [-0.2, -0.15) is 0 Å². The molecule has 0 radical (unpaired) electrons. The third-order valence-corrected chi connectivity index (χ3v) is 8.01. The second-order valence-corrected chi connectivity index (χ2v) is 10.4. The molecule has 184 valence electrons. The predicted molar refractivity (Wildman–Crippen MR) is 141 cm³/mol. The van der Waals surface area contributed by atoms with Crippen molar-refractivity contribution in [2.24, 2.45) is 5.92 Å². The number of hydrogen-bond acceptors (Lipinski definition) is 7. The summed E-state index contributed by atoms with van der Waals surface area (Å²) in [6, 6.07) is 9.58. The molecule has 1 amide bonds. The van der Waals surface area contributed by atoms with Crippen molar-refractivity contribution in [3.63, 3.8) is 0 Å². The molecular weight excluding hydrogens is 480 g/mol. The quantitative estimate of drug-likeness (QED) is 0.210. The molecule has 2 aromatic heterocycles. The normalized spacial score (nSPS) is 14.0. The number of thioether (sulfide) groups is 1. The number of carbonyl (C=O) groups excluding carboxylic acids is 2. The van der Waals surface area contributed by atoms with Gasteiger partial charge in [-0.25, -0.2) is 4.79 Å². The Bertz CT molecular complexity index is 1170. The third kappa shape index (κ3) is 6.21. The lowest BCUT2D eigenvalue weighted by Gasteiger charge is -2.21. The van der Waals surface area contributed by atoms with E-state index >= 15 is 0 Å². The summed E-state index contributed by atoms with van der Waals surface area (Å²) >= 11 is 2.65. The molecule has 2 heterocycles. The van der Waals surface area contributed by atoms with Gasteiger partial charge in [0.05, 0.1) is 12.9 Å². The van der Waals surface area contributed by atoms with Crippen molar-refractivity contribution < 1.29 is 14.3 Å². The molecule has 1 saturated carbocycles. The SMILES string of the molecule is C=CCn1c(CC2CCCCC2)nnc1SCC(=O)Nc1scc(-c2ccccc2)c1C(=O)OC. The summed E-state index contributed by atoms with van der Waals surface area (Å²) in [5, 5.41) is 14.7. The van der Waals surface area contributed by atoms with Crippen molar-refractivity contribution >= 4 is 40.0 Å². The molecule has 1 aliphatic rings. The van der Waals surface area contributed by atoms with Crippen LogP contribution in [0.15, 0.2) is 53.5 Å². The highest BCUT2D eigenvalue weighted by atomic mass is 32.2. The third-order valence-electron chi connectivity index (χ3n) is 6.15. The lowest BCUT2D eigenvalue weighted by molar-refractivity contribution is -0.113. The Kier molecular flexibility index (Phi) is 8.76. The lowest BCUT2D eigenvalue weighted by atomic mass is 9.87. The van der Waals surface area contributed by atoms with Gasteiger partial charge in [-0.05, 0) is 11.5 Å². The van der Waals surface area contributed by atoms with Crippen LogP contribution in [0, 0.1) is 5.92 Å². The van der Waals surface area contributed by atoms with Crippen LogP contribution < -0.4 is 5.32 Å². The highest BCUT2D eigenvalue weighted by molar-refractivity contribution is 7.99. The molecule has 0 unspecified atom stereocenters. The number of ether oxygens (including phenoxy) is 1. The van der Waals surface area contributed by atoms with Gasteiger partial charge in [0, 0.05) is 23.9 Å². The van der Waals surface area contributed by atoms with E-state index in [9.17, 15) is 9.59 Å². The number of rotatable bonds is 10. The molecule has 1 aromatic carbocycles. The fourth-order valence-corrected chi connectivity index (χ4v) is 6.16.